The van der Waals surface area contributed by atoms with Gasteiger partial charge in [-0.25, -0.2) is 9.37 Å². The summed E-state index contributed by atoms with van der Waals surface area (Å²) in [5, 5.41) is 0. The van der Waals surface area contributed by atoms with Crippen molar-refractivity contribution in [2.45, 2.75) is 23.8 Å². The summed E-state index contributed by atoms with van der Waals surface area (Å²) in [6.45, 7) is 2.08. The van der Waals surface area contributed by atoms with E-state index in [4.69, 9.17) is 0 Å². The van der Waals surface area contributed by atoms with E-state index in [1.165, 1.54) is 12.5 Å². The fourth-order valence-corrected chi connectivity index (χ4v) is 3.85. The van der Waals surface area contributed by atoms with E-state index in [9.17, 15) is 4.39 Å². The second kappa shape index (κ2) is 6.62. The highest BCUT2D eigenvalue weighted by atomic mass is 32.2. The molecular formula is C16H20FN3S. The second-order valence-corrected chi connectivity index (χ2v) is 6.51. The summed E-state index contributed by atoms with van der Waals surface area (Å²) in [7, 11) is 2.05. The average molecular weight is 305 g/mol. The number of hydrogen-bond acceptors (Lipinski definition) is 3. The van der Waals surface area contributed by atoms with Gasteiger partial charge in [-0.1, -0.05) is 12.1 Å². The van der Waals surface area contributed by atoms with Gasteiger partial charge in [-0.05, 0) is 31.5 Å². The number of thioether (sulfide) groups is 1. The van der Waals surface area contributed by atoms with E-state index in [0.717, 1.165) is 36.0 Å². The van der Waals surface area contributed by atoms with Crippen molar-refractivity contribution >= 4 is 11.8 Å². The zero-order chi connectivity index (χ0) is 14.7. The second-order valence-electron chi connectivity index (χ2n) is 5.37. The Morgan fingerprint density at radius 2 is 2.24 bits per heavy atom. The van der Waals surface area contributed by atoms with Gasteiger partial charge in [0.15, 0.2) is 0 Å². The van der Waals surface area contributed by atoms with Gasteiger partial charge in [0.25, 0.3) is 0 Å². The third-order valence-corrected chi connectivity index (χ3v) is 5.02. The van der Waals surface area contributed by atoms with Crippen LogP contribution in [0.4, 0.5) is 4.39 Å². The van der Waals surface area contributed by atoms with Crippen LogP contribution in [0.3, 0.4) is 0 Å². The van der Waals surface area contributed by atoms with Crippen LogP contribution < -0.4 is 0 Å². The molecule has 0 amide bonds. The van der Waals surface area contributed by atoms with Crippen molar-refractivity contribution in [3.63, 3.8) is 0 Å². The Balaban J connectivity index is 1.58. The first-order valence-electron chi connectivity index (χ1n) is 7.34. The smallest absolute Gasteiger partial charge is 0.136 e. The maximum atomic E-state index is 13.6. The van der Waals surface area contributed by atoms with Crippen LogP contribution in [0, 0.1) is 5.82 Å². The molecule has 21 heavy (non-hydrogen) atoms. The molecule has 0 bridgehead atoms. The van der Waals surface area contributed by atoms with Crippen molar-refractivity contribution in [2.75, 3.05) is 18.8 Å². The van der Waals surface area contributed by atoms with Crippen molar-refractivity contribution in [1.82, 2.24) is 14.5 Å². The van der Waals surface area contributed by atoms with Gasteiger partial charge in [0, 0.05) is 36.6 Å². The third-order valence-electron chi connectivity index (χ3n) is 3.99. The topological polar surface area (TPSA) is 21.1 Å². The van der Waals surface area contributed by atoms with Gasteiger partial charge in [0.1, 0.15) is 11.6 Å². The summed E-state index contributed by atoms with van der Waals surface area (Å²) < 4.78 is 15.7. The summed E-state index contributed by atoms with van der Waals surface area (Å²) in [5.74, 6) is 1.93. The van der Waals surface area contributed by atoms with Crippen LogP contribution in [0.1, 0.15) is 24.7 Å². The molecule has 0 unspecified atom stereocenters. The van der Waals surface area contributed by atoms with E-state index in [1.54, 1.807) is 17.8 Å². The Morgan fingerprint density at radius 1 is 1.38 bits per heavy atom. The normalized spacial score (nSPS) is 19.2. The molecule has 0 spiro atoms. The predicted molar refractivity (Wildman–Crippen MR) is 83.9 cm³/mol. The lowest BCUT2D eigenvalue weighted by Gasteiger charge is -2.23. The molecule has 0 radical (unpaired) electrons. The Morgan fingerprint density at radius 3 is 3.00 bits per heavy atom. The number of aryl methyl sites for hydroxylation is 1. The lowest BCUT2D eigenvalue weighted by Crippen LogP contribution is -2.27. The summed E-state index contributed by atoms with van der Waals surface area (Å²) in [5.41, 5.74) is 0. The summed E-state index contributed by atoms with van der Waals surface area (Å²) >= 11 is 1.59. The highest BCUT2D eigenvalue weighted by Crippen LogP contribution is 2.31. The van der Waals surface area contributed by atoms with Gasteiger partial charge in [0.05, 0.1) is 6.04 Å². The molecule has 0 saturated carbocycles. The standard InChI is InChI=1S/C16H20FN3S/c1-19-10-8-18-16(19)14-6-4-9-20(14)11-12-21-15-7-3-2-5-13(15)17/h2-3,5,7-8,10,14H,4,6,9,11-12H2,1H3/t14-/m0/s1. The first kappa shape index (κ1) is 14.6. The van der Waals surface area contributed by atoms with E-state index >= 15 is 0 Å². The number of imidazole rings is 1. The molecule has 0 N–H and O–H groups in total. The van der Waals surface area contributed by atoms with E-state index < -0.39 is 0 Å². The van der Waals surface area contributed by atoms with Crippen LogP contribution in [0.25, 0.3) is 0 Å². The number of rotatable bonds is 5. The van der Waals surface area contributed by atoms with E-state index in [1.807, 2.05) is 31.6 Å². The van der Waals surface area contributed by atoms with Gasteiger partial charge < -0.3 is 4.57 Å². The Kier molecular flexibility index (Phi) is 4.60. The summed E-state index contributed by atoms with van der Waals surface area (Å²) in [4.78, 5) is 7.69. The molecule has 3 nitrogen and oxygen atoms in total. The molecule has 112 valence electrons. The van der Waals surface area contributed by atoms with Gasteiger partial charge in [-0.3, -0.25) is 4.90 Å². The minimum atomic E-state index is -0.121. The lowest BCUT2D eigenvalue weighted by atomic mass is 10.2. The quantitative estimate of drug-likeness (QED) is 0.789. The predicted octanol–water partition coefficient (Wildman–Crippen LogP) is 3.49. The van der Waals surface area contributed by atoms with E-state index in [2.05, 4.69) is 14.5 Å². The van der Waals surface area contributed by atoms with Gasteiger partial charge >= 0.3 is 0 Å². The van der Waals surface area contributed by atoms with Crippen molar-refractivity contribution in [3.8, 4) is 0 Å². The summed E-state index contributed by atoms with van der Waals surface area (Å²) in [6, 6.07) is 7.40. The first-order valence-corrected chi connectivity index (χ1v) is 8.33. The maximum Gasteiger partial charge on any atom is 0.136 e. The van der Waals surface area contributed by atoms with Crippen LogP contribution >= 0.6 is 11.8 Å². The SMILES string of the molecule is Cn1ccnc1[C@@H]1CCCN1CCSc1ccccc1F. The van der Waals surface area contributed by atoms with E-state index in [0.29, 0.717) is 6.04 Å². The zero-order valence-corrected chi connectivity index (χ0v) is 13.0. The largest absolute Gasteiger partial charge is 0.337 e. The minimum absolute atomic E-state index is 0.121. The maximum absolute atomic E-state index is 13.6. The lowest BCUT2D eigenvalue weighted by molar-refractivity contribution is 0.260. The molecule has 1 aromatic heterocycles. The highest BCUT2D eigenvalue weighted by molar-refractivity contribution is 7.99. The minimum Gasteiger partial charge on any atom is -0.337 e. The highest BCUT2D eigenvalue weighted by Gasteiger charge is 2.28. The molecule has 3 rings (SSSR count). The van der Waals surface area contributed by atoms with Crippen LogP contribution in [-0.2, 0) is 7.05 Å². The fraction of sp³-hybridized carbons (Fsp3) is 0.438. The first-order chi connectivity index (χ1) is 10.3. The number of aromatic nitrogens is 2. The van der Waals surface area contributed by atoms with Crippen molar-refractivity contribution in [1.29, 1.82) is 0 Å². The monoisotopic (exact) mass is 305 g/mol. The van der Waals surface area contributed by atoms with E-state index in [-0.39, 0.29) is 5.82 Å². The van der Waals surface area contributed by atoms with Crippen molar-refractivity contribution in [3.05, 3.63) is 48.3 Å². The van der Waals surface area contributed by atoms with Gasteiger partial charge in [-0.2, -0.15) is 0 Å². The average Bonchev–Trinajstić information content (AvgIpc) is 3.09. The molecule has 0 aliphatic carbocycles. The van der Waals surface area contributed by atoms with Crippen LogP contribution in [0.5, 0.6) is 0 Å². The van der Waals surface area contributed by atoms with Crippen LogP contribution in [0.2, 0.25) is 0 Å². The number of halogens is 1. The van der Waals surface area contributed by atoms with Crippen molar-refractivity contribution in [2.24, 2.45) is 7.05 Å². The number of hydrogen-bond donors (Lipinski definition) is 0. The Hall–Kier alpha value is -1.33. The number of benzene rings is 1. The van der Waals surface area contributed by atoms with Gasteiger partial charge in [-0.15, -0.1) is 11.8 Å². The molecule has 1 aromatic carbocycles. The molecule has 2 heterocycles. The molecule has 1 atom stereocenters. The number of nitrogens with zero attached hydrogens (tertiary/aromatic N) is 3. The molecule has 1 fully saturated rings. The fourth-order valence-electron chi connectivity index (χ4n) is 2.92. The molecular weight excluding hydrogens is 285 g/mol. The summed E-state index contributed by atoms with van der Waals surface area (Å²) in [6.07, 6.45) is 6.23. The molecule has 2 aromatic rings. The third kappa shape index (κ3) is 3.30. The molecule has 5 heteroatoms. The van der Waals surface area contributed by atoms with Gasteiger partial charge in [0.2, 0.25) is 0 Å². The number of likely N-dealkylation sites (tertiary alicyclic amines) is 1. The van der Waals surface area contributed by atoms with Crippen molar-refractivity contribution < 1.29 is 4.39 Å². The molecule has 1 aliphatic rings. The molecule has 1 saturated heterocycles. The van der Waals surface area contributed by atoms with Crippen LogP contribution in [0.15, 0.2) is 41.6 Å². The zero-order valence-electron chi connectivity index (χ0n) is 12.2. The van der Waals surface area contributed by atoms with Crippen LogP contribution in [-0.4, -0.2) is 33.3 Å². The Labute approximate surface area is 129 Å². The Bertz CT molecular complexity index is 599. The molecule has 1 aliphatic heterocycles.